The maximum absolute atomic E-state index is 12.0. The van der Waals surface area contributed by atoms with Crippen molar-refractivity contribution in [1.82, 2.24) is 5.01 Å². The Morgan fingerprint density at radius 1 is 1.41 bits per heavy atom. The summed E-state index contributed by atoms with van der Waals surface area (Å²) in [5, 5.41) is 15.4. The molecule has 148 valence electrons. The minimum Gasteiger partial charge on any atom is -0.467 e. The number of ether oxygens (including phenoxy) is 4. The molecule has 2 saturated heterocycles. The van der Waals surface area contributed by atoms with Crippen LogP contribution in [0.15, 0.2) is 35.6 Å². The average molecular weight is 400 g/mol. The topological polar surface area (TPSA) is 114 Å². The molecule has 2 N–H and O–H groups in total. The van der Waals surface area contributed by atoms with Gasteiger partial charge >= 0.3 is 5.97 Å². The molecule has 2 heterocycles. The largest absolute Gasteiger partial charge is 0.467 e. The van der Waals surface area contributed by atoms with E-state index in [2.05, 4.69) is 5.22 Å². The second kappa shape index (κ2) is 8.49. The second-order valence-corrected chi connectivity index (χ2v) is 6.96. The molecule has 2 aliphatic rings. The van der Waals surface area contributed by atoms with Gasteiger partial charge in [-0.2, -0.15) is 5.53 Å². The Hall–Kier alpha value is -1.78. The minimum absolute atomic E-state index is 0.128. The van der Waals surface area contributed by atoms with E-state index in [1.54, 1.807) is 6.92 Å². The summed E-state index contributed by atoms with van der Waals surface area (Å²) < 4.78 is 22.2. The smallest absolute Gasteiger partial charge is 0.337 e. The molecule has 0 amide bonds. The Kier molecular flexibility index (Phi) is 6.28. The Morgan fingerprint density at radius 3 is 2.70 bits per heavy atom. The fourth-order valence-electron chi connectivity index (χ4n) is 3.39. The van der Waals surface area contributed by atoms with Crippen LogP contribution in [0.4, 0.5) is 0 Å². The number of alkyl halides is 1. The lowest BCUT2D eigenvalue weighted by molar-refractivity contribution is -0.318. The molecular formula is C17H22ClN3O6. The Labute approximate surface area is 161 Å². The lowest BCUT2D eigenvalue weighted by atomic mass is 9.91. The minimum atomic E-state index is -1.36. The van der Waals surface area contributed by atoms with Crippen LogP contribution in [0.2, 0.25) is 0 Å². The number of carbonyl (C=O) groups is 1. The summed E-state index contributed by atoms with van der Waals surface area (Å²) in [6.45, 7) is 1.74. The average Bonchev–Trinajstić information content (AvgIpc) is 2.69. The van der Waals surface area contributed by atoms with Gasteiger partial charge in [-0.1, -0.05) is 47.2 Å². The van der Waals surface area contributed by atoms with Gasteiger partial charge in [-0.3, -0.25) is 5.01 Å². The van der Waals surface area contributed by atoms with Crippen LogP contribution in [0, 0.1) is 5.53 Å². The lowest BCUT2D eigenvalue weighted by Crippen LogP contribution is -2.68. The molecule has 0 aliphatic carbocycles. The number of hydrogen-bond acceptors (Lipinski definition) is 8. The highest BCUT2D eigenvalue weighted by Gasteiger charge is 2.54. The first kappa shape index (κ1) is 20.0. The van der Waals surface area contributed by atoms with E-state index >= 15 is 0 Å². The number of halogens is 1. The molecule has 0 bridgehead atoms. The van der Waals surface area contributed by atoms with Crippen molar-refractivity contribution in [2.24, 2.45) is 5.22 Å². The van der Waals surface area contributed by atoms with Gasteiger partial charge in [0, 0.05) is 5.56 Å². The van der Waals surface area contributed by atoms with Crippen LogP contribution in [0.5, 0.6) is 0 Å². The predicted octanol–water partition coefficient (Wildman–Crippen LogP) is 1.60. The molecule has 7 atom stereocenters. The third-order valence-corrected chi connectivity index (χ3v) is 4.87. The van der Waals surface area contributed by atoms with Gasteiger partial charge in [0.15, 0.2) is 12.4 Å². The van der Waals surface area contributed by atoms with Crippen molar-refractivity contribution in [1.29, 1.82) is 5.53 Å². The molecule has 27 heavy (non-hydrogen) atoms. The number of aliphatic hydroxyl groups excluding tert-OH is 1. The predicted molar refractivity (Wildman–Crippen MR) is 92.8 cm³/mol. The van der Waals surface area contributed by atoms with Crippen LogP contribution in [0.25, 0.3) is 0 Å². The van der Waals surface area contributed by atoms with Crippen LogP contribution in [0.3, 0.4) is 0 Å². The normalized spacial score (nSPS) is 34.2. The van der Waals surface area contributed by atoms with E-state index in [-0.39, 0.29) is 6.61 Å². The Balaban J connectivity index is 1.91. The molecule has 0 saturated carbocycles. The number of nitrogens with zero attached hydrogens (tertiary/aromatic N) is 2. The second-order valence-electron chi connectivity index (χ2n) is 6.33. The zero-order chi connectivity index (χ0) is 19.6. The Morgan fingerprint density at radius 2 is 2.11 bits per heavy atom. The molecule has 0 aromatic heterocycles. The number of esters is 1. The van der Waals surface area contributed by atoms with Crippen LogP contribution < -0.4 is 0 Å². The molecule has 2 aliphatic heterocycles. The fourth-order valence-corrected chi connectivity index (χ4v) is 3.57. The molecule has 3 rings (SSSR count). The van der Waals surface area contributed by atoms with Gasteiger partial charge in [-0.05, 0) is 6.92 Å². The molecule has 2 fully saturated rings. The van der Waals surface area contributed by atoms with Gasteiger partial charge in [-0.25, -0.2) is 4.79 Å². The maximum Gasteiger partial charge on any atom is 0.337 e. The summed E-state index contributed by atoms with van der Waals surface area (Å²) in [5.74, 6) is -0.733. The van der Waals surface area contributed by atoms with Crippen molar-refractivity contribution in [3.63, 3.8) is 0 Å². The van der Waals surface area contributed by atoms with Crippen LogP contribution in [0.1, 0.15) is 18.8 Å². The number of hydrogen-bond donors (Lipinski definition) is 2. The van der Waals surface area contributed by atoms with Gasteiger partial charge in [0.05, 0.1) is 13.7 Å². The van der Waals surface area contributed by atoms with E-state index in [0.717, 1.165) is 5.56 Å². The van der Waals surface area contributed by atoms with E-state index < -0.39 is 48.2 Å². The van der Waals surface area contributed by atoms with Crippen molar-refractivity contribution in [3.05, 3.63) is 35.9 Å². The maximum atomic E-state index is 12.0. The van der Waals surface area contributed by atoms with Gasteiger partial charge in [0.25, 0.3) is 0 Å². The highest BCUT2D eigenvalue weighted by atomic mass is 35.5. The molecule has 1 aromatic rings. The lowest BCUT2D eigenvalue weighted by Gasteiger charge is -2.50. The molecule has 9 nitrogen and oxygen atoms in total. The van der Waals surface area contributed by atoms with Crippen molar-refractivity contribution >= 4 is 17.6 Å². The Bertz CT molecular complexity index is 663. The fraction of sp³-hybridized carbons (Fsp3) is 0.588. The molecule has 1 unspecified atom stereocenters. The van der Waals surface area contributed by atoms with Crippen LogP contribution in [-0.4, -0.2) is 65.8 Å². The summed E-state index contributed by atoms with van der Waals surface area (Å²) in [6.07, 6.45) is -4.69. The summed E-state index contributed by atoms with van der Waals surface area (Å²) in [4.78, 5) is 12.0. The van der Waals surface area contributed by atoms with Gasteiger partial charge in [0.2, 0.25) is 0 Å². The van der Waals surface area contributed by atoms with E-state index in [1.165, 1.54) is 12.1 Å². The molecule has 0 spiro atoms. The van der Waals surface area contributed by atoms with E-state index in [9.17, 15) is 9.90 Å². The molecule has 0 radical (unpaired) electrons. The van der Waals surface area contributed by atoms with Gasteiger partial charge in [-0.15, -0.1) is 0 Å². The third-order valence-electron chi connectivity index (χ3n) is 4.67. The van der Waals surface area contributed by atoms with Crippen LogP contribution in [-0.2, 0) is 23.7 Å². The third kappa shape index (κ3) is 3.92. The SMILES string of the molecule is COC(=O)[C@@H]1O[C@@H]2CO[C@H](c3ccccc3)O[C@@H]2[C@H](N(N=N)C(C)Cl)[C@H]1O. The monoisotopic (exact) mass is 399 g/mol. The number of methoxy groups -OCH3 is 1. The first-order valence-electron chi connectivity index (χ1n) is 8.51. The van der Waals surface area contributed by atoms with Crippen molar-refractivity contribution in [2.45, 2.75) is 49.2 Å². The number of benzene rings is 1. The van der Waals surface area contributed by atoms with Gasteiger partial charge < -0.3 is 24.1 Å². The summed E-state index contributed by atoms with van der Waals surface area (Å²) in [6, 6.07) is 8.41. The number of aliphatic hydroxyl groups is 1. The zero-order valence-electron chi connectivity index (χ0n) is 14.9. The van der Waals surface area contributed by atoms with Crippen molar-refractivity contribution < 1.29 is 28.8 Å². The summed E-state index contributed by atoms with van der Waals surface area (Å²) in [5.41, 5.74) is 7.54. The summed E-state index contributed by atoms with van der Waals surface area (Å²) in [7, 11) is 1.20. The van der Waals surface area contributed by atoms with E-state index in [1.807, 2.05) is 30.3 Å². The number of carbonyl (C=O) groups excluding carboxylic acids is 1. The molecule has 10 heteroatoms. The van der Waals surface area contributed by atoms with Crippen molar-refractivity contribution in [3.8, 4) is 0 Å². The standard InChI is InChI=1S/C17H22ClN3O6/c1-9(18)21(20-19)12-13(22)15(16(23)24-2)26-11-8-25-17(27-14(11)12)10-6-4-3-5-7-10/h3-7,9,11-15,17,19,22H,8H2,1-2H3/t9?,11-,12-,13-,14+,15-,17+/m1/s1. The number of nitrogens with one attached hydrogen (secondary N) is 1. The highest BCUT2D eigenvalue weighted by molar-refractivity contribution is 6.20. The number of rotatable bonds is 5. The first-order chi connectivity index (χ1) is 13.0. The number of fused-ring (bicyclic) bond motifs is 1. The summed E-state index contributed by atoms with van der Waals surface area (Å²) >= 11 is 6.15. The molecule has 1 aromatic carbocycles. The highest BCUT2D eigenvalue weighted by Crippen LogP contribution is 2.37. The quantitative estimate of drug-likeness (QED) is 0.254. The van der Waals surface area contributed by atoms with Crippen LogP contribution >= 0.6 is 11.6 Å². The van der Waals surface area contributed by atoms with Crippen molar-refractivity contribution in [2.75, 3.05) is 13.7 Å². The zero-order valence-corrected chi connectivity index (χ0v) is 15.7. The van der Waals surface area contributed by atoms with E-state index in [0.29, 0.717) is 0 Å². The van der Waals surface area contributed by atoms with E-state index in [4.69, 9.17) is 36.1 Å². The first-order valence-corrected chi connectivity index (χ1v) is 8.94. The molecular weight excluding hydrogens is 378 g/mol. The van der Waals surface area contributed by atoms with Gasteiger partial charge in [0.1, 0.15) is 29.9 Å².